The third kappa shape index (κ3) is 3.93. The van der Waals surface area contributed by atoms with Crippen molar-refractivity contribution in [1.29, 1.82) is 0 Å². The summed E-state index contributed by atoms with van der Waals surface area (Å²) in [4.78, 5) is 5.31. The second-order valence-corrected chi connectivity index (χ2v) is 9.67. The van der Waals surface area contributed by atoms with Gasteiger partial charge in [-0.15, -0.1) is 0 Å². The minimum atomic E-state index is 0.818. The van der Waals surface area contributed by atoms with Gasteiger partial charge in [0.1, 0.15) is 0 Å². The summed E-state index contributed by atoms with van der Waals surface area (Å²) in [5, 5.41) is 0. The lowest BCUT2D eigenvalue weighted by Crippen LogP contribution is -2.01. The molecule has 0 fully saturated rings. The van der Waals surface area contributed by atoms with Crippen LogP contribution in [0.15, 0.2) is 105 Å². The van der Waals surface area contributed by atoms with Gasteiger partial charge in [-0.2, -0.15) is 0 Å². The zero-order chi connectivity index (χ0) is 20.5. The molecule has 2 aliphatic rings. The summed E-state index contributed by atoms with van der Waals surface area (Å²) >= 11 is 3.63. The molecule has 6 rings (SSSR count). The highest BCUT2D eigenvalue weighted by Gasteiger charge is 2.16. The van der Waals surface area contributed by atoms with Gasteiger partial charge >= 0.3 is 0 Å². The zero-order valence-electron chi connectivity index (χ0n) is 16.5. The van der Waals surface area contributed by atoms with Crippen molar-refractivity contribution >= 4 is 34.9 Å². The Bertz CT molecular complexity index is 1100. The van der Waals surface area contributed by atoms with Crippen molar-refractivity contribution in [3.05, 3.63) is 107 Å². The standard InChI is InChI=1S/C13H12N2S.C13H10S/c14-10-3-1-8-5-9-2-4-11(15)7-13(9)16-12(8)6-10;1-3-7-12-10(5-1)9-11-6-2-4-8-13(11)14-12/h1-4,6-7H,5,14-15H2;1-8H,9H2. The van der Waals surface area contributed by atoms with Crippen molar-refractivity contribution in [3.63, 3.8) is 0 Å². The van der Waals surface area contributed by atoms with Crippen LogP contribution in [0.5, 0.6) is 0 Å². The van der Waals surface area contributed by atoms with Gasteiger partial charge in [0.2, 0.25) is 0 Å². The Morgan fingerprint density at radius 3 is 1.37 bits per heavy atom. The lowest BCUT2D eigenvalue weighted by atomic mass is 10.0. The second-order valence-electron chi connectivity index (χ2n) is 7.51. The SMILES string of the molecule is Nc1ccc2c(c1)Sc1cc(N)ccc1C2.c1ccc2c(c1)Cc1ccccc1S2. The van der Waals surface area contributed by atoms with E-state index in [9.17, 15) is 0 Å². The Kier molecular flexibility index (Phi) is 5.19. The monoisotopic (exact) mass is 426 g/mol. The second kappa shape index (κ2) is 8.13. The van der Waals surface area contributed by atoms with E-state index in [0.29, 0.717) is 0 Å². The van der Waals surface area contributed by atoms with Crippen molar-refractivity contribution in [3.8, 4) is 0 Å². The van der Waals surface area contributed by atoms with Gasteiger partial charge in [0.05, 0.1) is 0 Å². The van der Waals surface area contributed by atoms with Crippen LogP contribution < -0.4 is 11.5 Å². The Morgan fingerprint density at radius 1 is 0.467 bits per heavy atom. The molecular weight excluding hydrogens is 404 g/mol. The number of nitrogens with two attached hydrogens (primary N) is 2. The molecule has 2 aliphatic heterocycles. The van der Waals surface area contributed by atoms with E-state index in [4.69, 9.17) is 11.5 Å². The maximum absolute atomic E-state index is 5.79. The largest absolute Gasteiger partial charge is 0.399 e. The smallest absolute Gasteiger partial charge is 0.0325 e. The molecule has 2 nitrogen and oxygen atoms in total. The normalized spacial score (nSPS) is 13.1. The molecule has 0 bridgehead atoms. The van der Waals surface area contributed by atoms with Gasteiger partial charge in [-0.25, -0.2) is 0 Å². The molecule has 4 N–H and O–H groups in total. The van der Waals surface area contributed by atoms with Crippen molar-refractivity contribution in [2.45, 2.75) is 32.4 Å². The average molecular weight is 427 g/mol. The van der Waals surface area contributed by atoms with Gasteiger partial charge < -0.3 is 11.5 Å². The number of fused-ring (bicyclic) bond motifs is 4. The van der Waals surface area contributed by atoms with Crippen LogP contribution >= 0.6 is 23.5 Å². The number of rotatable bonds is 0. The summed E-state index contributed by atoms with van der Waals surface area (Å²) in [6, 6.07) is 29.5. The minimum absolute atomic E-state index is 0.818. The molecular formula is C26H22N2S2. The molecule has 0 radical (unpaired) electrons. The van der Waals surface area contributed by atoms with Crippen molar-refractivity contribution < 1.29 is 0 Å². The van der Waals surface area contributed by atoms with E-state index in [1.807, 2.05) is 36.0 Å². The number of hydrogen-bond donors (Lipinski definition) is 2. The fraction of sp³-hybridized carbons (Fsp3) is 0.0769. The van der Waals surface area contributed by atoms with Crippen LogP contribution in [0.4, 0.5) is 11.4 Å². The predicted octanol–water partition coefficient (Wildman–Crippen LogP) is 6.65. The molecule has 0 saturated heterocycles. The Hall–Kier alpha value is -2.82. The van der Waals surface area contributed by atoms with Crippen LogP contribution in [0.3, 0.4) is 0 Å². The summed E-state index contributed by atoms with van der Waals surface area (Å²) in [6.07, 6.45) is 2.05. The highest BCUT2D eigenvalue weighted by molar-refractivity contribution is 7.99. The van der Waals surface area contributed by atoms with Crippen molar-refractivity contribution in [2.75, 3.05) is 11.5 Å². The lowest BCUT2D eigenvalue weighted by Gasteiger charge is -2.19. The quantitative estimate of drug-likeness (QED) is 0.267. The molecule has 0 unspecified atom stereocenters. The highest BCUT2D eigenvalue weighted by atomic mass is 32.2. The fourth-order valence-electron chi connectivity index (χ4n) is 3.77. The molecule has 4 aromatic rings. The van der Waals surface area contributed by atoms with Crippen LogP contribution in [0, 0.1) is 0 Å². The molecule has 0 atom stereocenters. The molecule has 2 heterocycles. The molecule has 0 spiro atoms. The Morgan fingerprint density at radius 2 is 0.867 bits per heavy atom. The summed E-state index contributed by atoms with van der Waals surface area (Å²) in [5.74, 6) is 0. The first-order valence-corrected chi connectivity index (χ1v) is 11.6. The van der Waals surface area contributed by atoms with E-state index < -0.39 is 0 Å². The summed E-state index contributed by atoms with van der Waals surface area (Å²) in [7, 11) is 0. The van der Waals surface area contributed by atoms with Gasteiger partial charge in [0.15, 0.2) is 0 Å². The number of benzene rings is 4. The summed E-state index contributed by atoms with van der Waals surface area (Å²) in [6.45, 7) is 0. The van der Waals surface area contributed by atoms with Crippen LogP contribution in [0.2, 0.25) is 0 Å². The maximum Gasteiger partial charge on any atom is 0.0325 e. The Balaban J connectivity index is 0.000000130. The van der Waals surface area contributed by atoms with Gasteiger partial charge in [0.25, 0.3) is 0 Å². The van der Waals surface area contributed by atoms with Crippen LogP contribution in [-0.4, -0.2) is 0 Å². The van der Waals surface area contributed by atoms with E-state index in [1.165, 1.54) is 41.8 Å². The van der Waals surface area contributed by atoms with Crippen LogP contribution in [-0.2, 0) is 12.8 Å². The van der Waals surface area contributed by atoms with E-state index in [1.54, 1.807) is 11.8 Å². The predicted molar refractivity (Wildman–Crippen MR) is 128 cm³/mol. The number of anilines is 2. The van der Waals surface area contributed by atoms with Gasteiger partial charge in [-0.3, -0.25) is 0 Å². The summed E-state index contributed by atoms with van der Waals surface area (Å²) in [5.41, 5.74) is 18.8. The first-order valence-electron chi connectivity index (χ1n) is 9.94. The van der Waals surface area contributed by atoms with Gasteiger partial charge in [0, 0.05) is 31.0 Å². The first kappa shape index (κ1) is 19.2. The average Bonchev–Trinajstić information content (AvgIpc) is 2.76. The molecule has 0 saturated carbocycles. The molecule has 4 heteroatoms. The number of hydrogen-bond acceptors (Lipinski definition) is 4. The van der Waals surface area contributed by atoms with E-state index in [0.717, 1.165) is 24.2 Å². The van der Waals surface area contributed by atoms with E-state index >= 15 is 0 Å². The van der Waals surface area contributed by atoms with Gasteiger partial charge in [-0.05, 0) is 71.5 Å². The lowest BCUT2D eigenvalue weighted by molar-refractivity contribution is 1.06. The van der Waals surface area contributed by atoms with Crippen LogP contribution in [0.25, 0.3) is 0 Å². The highest BCUT2D eigenvalue weighted by Crippen LogP contribution is 2.41. The van der Waals surface area contributed by atoms with Crippen molar-refractivity contribution in [2.24, 2.45) is 0 Å². The molecule has 0 amide bonds. The Labute approximate surface area is 185 Å². The van der Waals surface area contributed by atoms with Crippen molar-refractivity contribution in [1.82, 2.24) is 0 Å². The molecule has 148 valence electrons. The van der Waals surface area contributed by atoms with E-state index in [2.05, 4.69) is 60.7 Å². The van der Waals surface area contributed by atoms with Gasteiger partial charge in [-0.1, -0.05) is 72.1 Å². The van der Waals surface area contributed by atoms with E-state index in [-0.39, 0.29) is 0 Å². The topological polar surface area (TPSA) is 52.0 Å². The fourth-order valence-corrected chi connectivity index (χ4v) is 6.01. The third-order valence-electron chi connectivity index (χ3n) is 5.33. The minimum Gasteiger partial charge on any atom is -0.399 e. The molecule has 0 aromatic heterocycles. The summed E-state index contributed by atoms with van der Waals surface area (Å²) < 4.78 is 0. The molecule has 0 aliphatic carbocycles. The first-order chi connectivity index (χ1) is 14.7. The molecule has 30 heavy (non-hydrogen) atoms. The number of nitrogen functional groups attached to an aromatic ring is 2. The van der Waals surface area contributed by atoms with Crippen LogP contribution in [0.1, 0.15) is 22.3 Å². The molecule has 4 aromatic carbocycles. The maximum atomic E-state index is 5.79. The zero-order valence-corrected chi connectivity index (χ0v) is 18.1. The third-order valence-corrected chi connectivity index (χ3v) is 7.77.